The van der Waals surface area contributed by atoms with Gasteiger partial charge in [0.05, 0.1) is 27.7 Å². The number of nitrogens with zero attached hydrogens (tertiary/aromatic N) is 3. The van der Waals surface area contributed by atoms with Crippen LogP contribution in [0.25, 0.3) is 11.3 Å². The van der Waals surface area contributed by atoms with Crippen LogP contribution in [0.1, 0.15) is 37.3 Å². The van der Waals surface area contributed by atoms with Crippen molar-refractivity contribution in [1.82, 2.24) is 20.4 Å². The second kappa shape index (κ2) is 8.91. The van der Waals surface area contributed by atoms with Gasteiger partial charge in [-0.3, -0.25) is 9.78 Å². The summed E-state index contributed by atoms with van der Waals surface area (Å²) >= 11 is 1.33. The summed E-state index contributed by atoms with van der Waals surface area (Å²) in [5.41, 5.74) is 1.34. The van der Waals surface area contributed by atoms with E-state index in [4.69, 9.17) is 4.52 Å². The number of hydrogen-bond donors (Lipinski definition) is 1. The number of thiazole rings is 1. The molecule has 4 rings (SSSR count). The van der Waals surface area contributed by atoms with Crippen molar-refractivity contribution < 1.29 is 22.5 Å². The van der Waals surface area contributed by atoms with Crippen molar-refractivity contribution in [1.29, 1.82) is 0 Å². The smallest absolute Gasteiger partial charge is 0.361 e. The number of alkyl halides is 3. The summed E-state index contributed by atoms with van der Waals surface area (Å²) in [7, 11) is 0. The van der Waals surface area contributed by atoms with Crippen LogP contribution < -0.4 is 5.32 Å². The van der Waals surface area contributed by atoms with Crippen molar-refractivity contribution in [2.75, 3.05) is 0 Å². The molecule has 0 aliphatic rings. The highest BCUT2D eigenvalue weighted by atomic mass is 32.1. The molecule has 164 valence electrons. The summed E-state index contributed by atoms with van der Waals surface area (Å²) in [4.78, 5) is 21.8. The van der Waals surface area contributed by atoms with Crippen LogP contribution in [-0.2, 0) is 19.1 Å². The fourth-order valence-electron chi connectivity index (χ4n) is 3.08. The average molecular weight is 458 g/mol. The predicted octanol–water partition coefficient (Wildman–Crippen LogP) is 5.04. The minimum atomic E-state index is -4.41. The lowest BCUT2D eigenvalue weighted by molar-refractivity contribution is -0.137. The largest absolute Gasteiger partial charge is 0.416 e. The maximum absolute atomic E-state index is 13.0. The first kappa shape index (κ1) is 21.7. The van der Waals surface area contributed by atoms with Gasteiger partial charge in [-0.25, -0.2) is 4.98 Å². The fourth-order valence-corrected chi connectivity index (χ4v) is 4.15. The standard InChI is InChI=1S/C22H17F3N4O2S/c1-13-8-17(29-31-13)21(30)27-12-18-20(15-5-3-7-26-11-15)28-19(32-18)10-14-4-2-6-16(9-14)22(23,24)25/h2-9,11H,10,12H2,1H3,(H,27,30). The molecule has 1 N–H and O–H groups in total. The predicted molar refractivity (Wildman–Crippen MR) is 112 cm³/mol. The van der Waals surface area contributed by atoms with E-state index >= 15 is 0 Å². The number of carbonyl (C=O) groups is 1. The molecule has 3 aromatic heterocycles. The number of aryl methyl sites for hydroxylation is 1. The minimum Gasteiger partial charge on any atom is -0.361 e. The highest BCUT2D eigenvalue weighted by molar-refractivity contribution is 7.12. The maximum Gasteiger partial charge on any atom is 0.416 e. The topological polar surface area (TPSA) is 80.9 Å². The third kappa shape index (κ3) is 5.02. The summed E-state index contributed by atoms with van der Waals surface area (Å²) in [6.07, 6.45) is -0.893. The lowest BCUT2D eigenvalue weighted by Crippen LogP contribution is -2.22. The van der Waals surface area contributed by atoms with Crippen molar-refractivity contribution in [3.05, 3.63) is 87.3 Å². The van der Waals surface area contributed by atoms with E-state index in [0.29, 0.717) is 22.0 Å². The molecule has 0 saturated carbocycles. The van der Waals surface area contributed by atoms with Crippen LogP contribution in [-0.4, -0.2) is 21.0 Å². The van der Waals surface area contributed by atoms with Gasteiger partial charge in [-0.2, -0.15) is 13.2 Å². The molecule has 0 unspecified atom stereocenters. The van der Waals surface area contributed by atoms with Gasteiger partial charge in [-0.1, -0.05) is 23.4 Å². The Balaban J connectivity index is 1.59. The van der Waals surface area contributed by atoms with E-state index in [-0.39, 0.29) is 18.7 Å². The van der Waals surface area contributed by atoms with E-state index < -0.39 is 17.6 Å². The third-order valence-corrected chi connectivity index (χ3v) is 5.61. The van der Waals surface area contributed by atoms with Crippen molar-refractivity contribution in [2.24, 2.45) is 0 Å². The molecule has 1 amide bonds. The molecule has 10 heteroatoms. The first-order valence-electron chi connectivity index (χ1n) is 9.56. The van der Waals surface area contributed by atoms with Crippen LogP contribution in [0.4, 0.5) is 13.2 Å². The Labute approximate surface area is 185 Å². The molecule has 0 aliphatic carbocycles. The van der Waals surface area contributed by atoms with Gasteiger partial charge in [0.1, 0.15) is 5.76 Å². The summed E-state index contributed by atoms with van der Waals surface area (Å²) in [6.45, 7) is 1.86. The second-order valence-electron chi connectivity index (χ2n) is 7.00. The Bertz CT molecular complexity index is 1240. The van der Waals surface area contributed by atoms with Crippen LogP contribution in [0, 0.1) is 6.92 Å². The Morgan fingerprint density at radius 3 is 2.72 bits per heavy atom. The summed E-state index contributed by atoms with van der Waals surface area (Å²) in [5, 5.41) is 7.11. The average Bonchev–Trinajstić information content (AvgIpc) is 3.38. The normalized spacial score (nSPS) is 11.5. The number of hydrogen-bond acceptors (Lipinski definition) is 6. The zero-order chi connectivity index (χ0) is 22.7. The van der Waals surface area contributed by atoms with Crippen LogP contribution in [0.3, 0.4) is 0 Å². The summed E-state index contributed by atoms with van der Waals surface area (Å²) in [6, 6.07) is 10.3. The molecule has 32 heavy (non-hydrogen) atoms. The van der Waals surface area contributed by atoms with E-state index in [0.717, 1.165) is 22.6 Å². The molecule has 0 aliphatic heterocycles. The molecule has 0 saturated heterocycles. The first-order chi connectivity index (χ1) is 15.3. The van der Waals surface area contributed by atoms with E-state index in [1.165, 1.54) is 23.5 Å². The van der Waals surface area contributed by atoms with Gasteiger partial charge in [-0.15, -0.1) is 11.3 Å². The Morgan fingerprint density at radius 2 is 2.03 bits per heavy atom. The van der Waals surface area contributed by atoms with Gasteiger partial charge in [0.15, 0.2) is 5.69 Å². The van der Waals surface area contributed by atoms with E-state index in [1.807, 2.05) is 6.07 Å². The van der Waals surface area contributed by atoms with Crippen LogP contribution in [0.2, 0.25) is 0 Å². The lowest BCUT2D eigenvalue weighted by Gasteiger charge is -2.07. The van der Waals surface area contributed by atoms with E-state index in [9.17, 15) is 18.0 Å². The zero-order valence-corrected chi connectivity index (χ0v) is 17.6. The minimum absolute atomic E-state index is 0.166. The number of halogens is 3. The van der Waals surface area contributed by atoms with Gasteiger partial charge in [0.2, 0.25) is 0 Å². The Kier molecular flexibility index (Phi) is 6.04. The number of amides is 1. The molecule has 6 nitrogen and oxygen atoms in total. The highest BCUT2D eigenvalue weighted by Gasteiger charge is 2.30. The molecular formula is C22H17F3N4O2S. The quantitative estimate of drug-likeness (QED) is 0.438. The van der Waals surface area contributed by atoms with Gasteiger partial charge in [0, 0.05) is 30.4 Å². The summed E-state index contributed by atoms with van der Waals surface area (Å²) < 4.78 is 44.1. The van der Waals surface area contributed by atoms with E-state index in [2.05, 4.69) is 20.4 Å². The lowest BCUT2D eigenvalue weighted by atomic mass is 10.1. The van der Waals surface area contributed by atoms with Gasteiger partial charge in [0.25, 0.3) is 5.91 Å². The van der Waals surface area contributed by atoms with Gasteiger partial charge >= 0.3 is 6.18 Å². The van der Waals surface area contributed by atoms with Crippen molar-refractivity contribution in [3.8, 4) is 11.3 Å². The van der Waals surface area contributed by atoms with Crippen molar-refractivity contribution in [3.63, 3.8) is 0 Å². The molecule has 0 bridgehead atoms. The van der Waals surface area contributed by atoms with Crippen molar-refractivity contribution >= 4 is 17.2 Å². The second-order valence-corrected chi connectivity index (χ2v) is 8.17. The van der Waals surface area contributed by atoms with Crippen LogP contribution in [0.15, 0.2) is 59.4 Å². The number of benzene rings is 1. The van der Waals surface area contributed by atoms with Gasteiger partial charge in [-0.05, 0) is 30.7 Å². The number of aromatic nitrogens is 3. The van der Waals surface area contributed by atoms with Crippen LogP contribution in [0.5, 0.6) is 0 Å². The molecular weight excluding hydrogens is 441 g/mol. The van der Waals surface area contributed by atoms with E-state index in [1.54, 1.807) is 31.5 Å². The number of nitrogens with one attached hydrogen (secondary N) is 1. The zero-order valence-electron chi connectivity index (χ0n) is 16.8. The number of rotatable bonds is 6. The molecule has 0 atom stereocenters. The SMILES string of the molecule is Cc1cc(C(=O)NCc2sc(Cc3cccc(C(F)(F)F)c3)nc2-c2cccnc2)no1. The number of carbonyl (C=O) groups excluding carboxylic acids is 1. The molecule has 3 heterocycles. The van der Waals surface area contributed by atoms with Gasteiger partial charge < -0.3 is 9.84 Å². The Morgan fingerprint density at radius 1 is 1.19 bits per heavy atom. The third-order valence-electron chi connectivity index (χ3n) is 4.56. The monoisotopic (exact) mass is 458 g/mol. The Hall–Kier alpha value is -3.53. The molecule has 0 fully saturated rings. The molecule has 4 aromatic rings. The molecule has 0 spiro atoms. The summed E-state index contributed by atoms with van der Waals surface area (Å²) in [5.74, 6) is 0.124. The maximum atomic E-state index is 13.0. The fraction of sp³-hybridized carbons (Fsp3) is 0.182. The first-order valence-corrected chi connectivity index (χ1v) is 10.4. The highest BCUT2D eigenvalue weighted by Crippen LogP contribution is 2.32. The van der Waals surface area contributed by atoms with Crippen LogP contribution >= 0.6 is 11.3 Å². The van der Waals surface area contributed by atoms with Crippen molar-refractivity contribution in [2.45, 2.75) is 26.1 Å². The number of pyridine rings is 1. The molecule has 0 radical (unpaired) electrons. The molecule has 1 aromatic carbocycles.